The van der Waals surface area contributed by atoms with Gasteiger partial charge in [0.1, 0.15) is 11.5 Å². The second-order valence-corrected chi connectivity index (χ2v) is 13.4. The standard InChI is InChI=1S/C17H31NO4Si/c1-11(22-23(8,9)17(5,6)7)14-12(18-15(14)20)10-13(19)21-16(2,3)4/h10-11,14H,1-9H3,(H,18,20)/b12-10-/t11-,14-/m1/s1. The Balaban J connectivity index is 2.82. The molecule has 6 heteroatoms. The minimum atomic E-state index is -1.97. The molecule has 1 aliphatic heterocycles. The van der Waals surface area contributed by atoms with Crippen molar-refractivity contribution in [2.45, 2.75) is 78.3 Å². The molecule has 0 aromatic heterocycles. The maximum Gasteiger partial charge on any atom is 0.333 e. The summed E-state index contributed by atoms with van der Waals surface area (Å²) < 4.78 is 11.5. The van der Waals surface area contributed by atoms with E-state index in [1.807, 2.05) is 27.7 Å². The highest BCUT2D eigenvalue weighted by Crippen LogP contribution is 2.39. The number of hydrogen-bond donors (Lipinski definition) is 1. The van der Waals surface area contributed by atoms with E-state index in [0.29, 0.717) is 5.70 Å². The third kappa shape index (κ3) is 5.17. The monoisotopic (exact) mass is 341 g/mol. The molecule has 0 saturated carbocycles. The first kappa shape index (κ1) is 19.9. The van der Waals surface area contributed by atoms with E-state index in [0.717, 1.165) is 0 Å². The van der Waals surface area contributed by atoms with Crippen molar-refractivity contribution in [3.63, 3.8) is 0 Å². The molecule has 1 saturated heterocycles. The lowest BCUT2D eigenvalue weighted by Gasteiger charge is -2.42. The summed E-state index contributed by atoms with van der Waals surface area (Å²) in [5.41, 5.74) is 0.0242. The summed E-state index contributed by atoms with van der Waals surface area (Å²) in [4.78, 5) is 23.8. The van der Waals surface area contributed by atoms with Crippen molar-refractivity contribution in [2.24, 2.45) is 5.92 Å². The minimum absolute atomic E-state index is 0.0660. The van der Waals surface area contributed by atoms with E-state index >= 15 is 0 Å². The van der Waals surface area contributed by atoms with Crippen LogP contribution in [0.25, 0.3) is 0 Å². The molecule has 1 aliphatic rings. The van der Waals surface area contributed by atoms with Crippen molar-refractivity contribution < 1.29 is 18.8 Å². The number of carbonyl (C=O) groups excluding carboxylic acids is 2. The third-order valence-corrected chi connectivity index (χ3v) is 8.89. The van der Waals surface area contributed by atoms with Gasteiger partial charge in [-0.2, -0.15) is 0 Å². The van der Waals surface area contributed by atoms with Crippen molar-refractivity contribution in [1.29, 1.82) is 0 Å². The molecule has 0 unspecified atom stereocenters. The molecule has 0 bridgehead atoms. The molecule has 23 heavy (non-hydrogen) atoms. The molecule has 0 spiro atoms. The van der Waals surface area contributed by atoms with Crippen LogP contribution in [-0.2, 0) is 18.8 Å². The average molecular weight is 342 g/mol. The van der Waals surface area contributed by atoms with Gasteiger partial charge < -0.3 is 14.5 Å². The van der Waals surface area contributed by atoms with Gasteiger partial charge in [0.15, 0.2) is 8.32 Å². The number of ether oxygens (including phenoxy) is 1. The molecule has 1 heterocycles. The second-order valence-electron chi connectivity index (χ2n) is 8.68. The van der Waals surface area contributed by atoms with Gasteiger partial charge in [0.2, 0.25) is 5.91 Å². The van der Waals surface area contributed by atoms with Crippen LogP contribution in [0.2, 0.25) is 18.1 Å². The van der Waals surface area contributed by atoms with Gasteiger partial charge in [-0.25, -0.2) is 4.79 Å². The normalized spacial score (nSPS) is 22.4. The first-order valence-electron chi connectivity index (χ1n) is 8.07. The SMILES string of the molecule is C[C@@H](O[Si](C)(C)C(C)(C)C)[C@H]1C(=O)N/C1=C\C(=O)OC(C)(C)C. The van der Waals surface area contributed by atoms with Gasteiger partial charge in [-0.15, -0.1) is 0 Å². The van der Waals surface area contributed by atoms with Gasteiger partial charge in [0.05, 0.1) is 6.10 Å². The van der Waals surface area contributed by atoms with Crippen molar-refractivity contribution in [3.05, 3.63) is 11.8 Å². The fourth-order valence-electron chi connectivity index (χ4n) is 2.12. The van der Waals surface area contributed by atoms with E-state index in [-0.39, 0.29) is 17.0 Å². The number of nitrogens with one attached hydrogen (secondary N) is 1. The predicted molar refractivity (Wildman–Crippen MR) is 93.3 cm³/mol. The third-order valence-electron chi connectivity index (χ3n) is 4.32. The van der Waals surface area contributed by atoms with Crippen molar-refractivity contribution in [3.8, 4) is 0 Å². The molecule has 1 rings (SSSR count). The molecule has 0 radical (unpaired) electrons. The molecule has 5 nitrogen and oxygen atoms in total. The Morgan fingerprint density at radius 1 is 1.22 bits per heavy atom. The Kier molecular flexibility index (Phi) is 5.53. The zero-order valence-electron chi connectivity index (χ0n) is 15.9. The number of β-lactam (4-membered cyclic amide) rings is 1. The number of carbonyl (C=O) groups is 2. The first-order chi connectivity index (χ1) is 10.1. The summed E-state index contributed by atoms with van der Waals surface area (Å²) in [5, 5.41) is 2.74. The molecule has 0 aliphatic carbocycles. The Labute approximate surface area is 140 Å². The summed E-state index contributed by atoms with van der Waals surface area (Å²) in [6, 6.07) is 0. The number of esters is 1. The Morgan fingerprint density at radius 3 is 2.13 bits per heavy atom. The predicted octanol–water partition coefficient (Wildman–Crippen LogP) is 3.37. The Hall–Kier alpha value is -1.14. The fraction of sp³-hybridized carbons (Fsp3) is 0.765. The Morgan fingerprint density at radius 2 is 1.74 bits per heavy atom. The van der Waals surface area contributed by atoms with Crippen molar-refractivity contribution in [2.75, 3.05) is 0 Å². The molecule has 0 aromatic rings. The maximum absolute atomic E-state index is 11.9. The number of rotatable bonds is 4. The fourth-order valence-corrected chi connectivity index (χ4v) is 3.54. The van der Waals surface area contributed by atoms with Crippen LogP contribution in [0.5, 0.6) is 0 Å². The van der Waals surface area contributed by atoms with E-state index in [1.165, 1.54) is 6.08 Å². The highest BCUT2D eigenvalue weighted by molar-refractivity contribution is 6.74. The number of amides is 1. The summed E-state index contributed by atoms with van der Waals surface area (Å²) in [5.74, 6) is -0.973. The molecule has 0 aromatic carbocycles. The van der Waals surface area contributed by atoms with Gasteiger partial charge >= 0.3 is 5.97 Å². The second kappa shape index (κ2) is 6.40. The van der Waals surface area contributed by atoms with Crippen LogP contribution >= 0.6 is 0 Å². The van der Waals surface area contributed by atoms with E-state index in [1.54, 1.807) is 0 Å². The summed E-state index contributed by atoms with van der Waals surface area (Å²) in [6.45, 7) is 18.1. The minimum Gasteiger partial charge on any atom is -0.457 e. The van der Waals surface area contributed by atoms with Crippen LogP contribution in [0.3, 0.4) is 0 Å². The van der Waals surface area contributed by atoms with Crippen LogP contribution in [0.1, 0.15) is 48.5 Å². The zero-order chi connectivity index (χ0) is 18.2. The molecule has 2 atom stereocenters. The van der Waals surface area contributed by atoms with E-state index in [9.17, 15) is 9.59 Å². The zero-order valence-corrected chi connectivity index (χ0v) is 16.9. The van der Waals surface area contributed by atoms with Crippen molar-refractivity contribution >= 4 is 20.2 Å². The largest absolute Gasteiger partial charge is 0.457 e. The van der Waals surface area contributed by atoms with Gasteiger partial charge in [0, 0.05) is 11.8 Å². The quantitative estimate of drug-likeness (QED) is 0.368. The first-order valence-corrected chi connectivity index (χ1v) is 11.0. The van der Waals surface area contributed by atoms with E-state index in [2.05, 4.69) is 39.2 Å². The van der Waals surface area contributed by atoms with Gasteiger partial charge in [-0.1, -0.05) is 20.8 Å². The lowest BCUT2D eigenvalue weighted by Crippen LogP contribution is -2.55. The van der Waals surface area contributed by atoms with E-state index in [4.69, 9.17) is 9.16 Å². The van der Waals surface area contributed by atoms with Crippen LogP contribution < -0.4 is 5.32 Å². The highest BCUT2D eigenvalue weighted by atomic mass is 28.4. The van der Waals surface area contributed by atoms with Crippen molar-refractivity contribution in [1.82, 2.24) is 5.32 Å². The highest BCUT2D eigenvalue weighted by Gasteiger charge is 2.45. The average Bonchev–Trinajstić information content (AvgIpc) is 2.22. The van der Waals surface area contributed by atoms with Crippen LogP contribution in [0.4, 0.5) is 0 Å². The molecule has 132 valence electrons. The molecular formula is C17H31NO4Si. The molecule has 1 amide bonds. The van der Waals surface area contributed by atoms with Crippen LogP contribution in [0.15, 0.2) is 11.8 Å². The lowest BCUT2D eigenvalue weighted by molar-refractivity contribution is -0.148. The van der Waals surface area contributed by atoms with Crippen LogP contribution in [-0.4, -0.2) is 31.9 Å². The number of hydrogen-bond acceptors (Lipinski definition) is 4. The summed E-state index contributed by atoms with van der Waals surface area (Å²) >= 11 is 0. The van der Waals surface area contributed by atoms with Crippen LogP contribution in [0, 0.1) is 5.92 Å². The molecular weight excluding hydrogens is 310 g/mol. The van der Waals surface area contributed by atoms with Gasteiger partial charge in [0.25, 0.3) is 0 Å². The molecule has 1 N–H and O–H groups in total. The Bertz CT molecular complexity index is 512. The maximum atomic E-state index is 11.9. The van der Waals surface area contributed by atoms with E-state index < -0.39 is 25.8 Å². The van der Waals surface area contributed by atoms with Gasteiger partial charge in [-0.3, -0.25) is 4.79 Å². The summed E-state index contributed by atoms with van der Waals surface area (Å²) in [7, 11) is -1.97. The van der Waals surface area contributed by atoms with Gasteiger partial charge in [-0.05, 0) is 45.8 Å². The summed E-state index contributed by atoms with van der Waals surface area (Å²) in [6.07, 6.45) is 1.10. The lowest BCUT2D eigenvalue weighted by atomic mass is 9.91. The topological polar surface area (TPSA) is 64.6 Å². The smallest absolute Gasteiger partial charge is 0.333 e. The molecule has 1 fully saturated rings.